The van der Waals surface area contributed by atoms with Gasteiger partial charge in [0.2, 0.25) is 5.91 Å². The van der Waals surface area contributed by atoms with E-state index < -0.39 is 5.92 Å². The zero-order chi connectivity index (χ0) is 15.8. The van der Waals surface area contributed by atoms with Gasteiger partial charge in [-0.25, -0.2) is 0 Å². The number of hydrogen-bond donors (Lipinski definition) is 2. The molecule has 1 amide bonds. The summed E-state index contributed by atoms with van der Waals surface area (Å²) in [6.07, 6.45) is 0.931. The molecular formula is C16H15ClN2O3. The van der Waals surface area contributed by atoms with E-state index in [1.54, 1.807) is 24.3 Å². The number of nitrogens with one attached hydrogen (secondary N) is 1. The van der Waals surface area contributed by atoms with Gasteiger partial charge in [0.25, 0.3) is 0 Å². The molecule has 0 saturated carbocycles. The zero-order valence-electron chi connectivity index (χ0n) is 11.6. The second-order valence-corrected chi connectivity index (χ2v) is 4.92. The molecule has 0 aliphatic carbocycles. The zero-order valence-corrected chi connectivity index (χ0v) is 12.4. The van der Waals surface area contributed by atoms with Crippen LogP contribution >= 0.6 is 11.6 Å². The average molecular weight is 319 g/mol. The summed E-state index contributed by atoms with van der Waals surface area (Å²) in [4.78, 5) is 12.2. The Morgan fingerprint density at radius 3 is 2.55 bits per heavy atom. The van der Waals surface area contributed by atoms with Crippen LogP contribution in [0.3, 0.4) is 0 Å². The lowest BCUT2D eigenvalue weighted by molar-refractivity contribution is -0.121. The van der Waals surface area contributed by atoms with E-state index >= 15 is 0 Å². The normalized spacial score (nSPS) is 12.0. The van der Waals surface area contributed by atoms with Crippen molar-refractivity contribution in [1.82, 2.24) is 5.32 Å². The Morgan fingerprint density at radius 2 is 1.91 bits per heavy atom. The van der Waals surface area contributed by atoms with Crippen LogP contribution in [0, 0.1) is 0 Å². The number of carbonyl (C=O) groups is 1. The first-order chi connectivity index (χ1) is 10.7. The van der Waals surface area contributed by atoms with Crippen LogP contribution in [-0.2, 0) is 4.79 Å². The second kappa shape index (κ2) is 8.05. The minimum atomic E-state index is -0.533. The van der Waals surface area contributed by atoms with Crippen LogP contribution < -0.4 is 10.1 Å². The second-order valence-electron chi connectivity index (χ2n) is 4.48. The first-order valence-corrected chi connectivity index (χ1v) is 6.98. The lowest BCUT2D eigenvalue weighted by Gasteiger charge is -2.16. The predicted molar refractivity (Wildman–Crippen MR) is 84.6 cm³/mol. The molecule has 114 valence electrons. The van der Waals surface area contributed by atoms with E-state index in [0.717, 1.165) is 11.9 Å². The number of hydrogen-bond acceptors (Lipinski definition) is 4. The number of ether oxygens (including phenoxy) is 1. The van der Waals surface area contributed by atoms with E-state index in [-0.39, 0.29) is 12.5 Å². The molecule has 0 saturated heterocycles. The van der Waals surface area contributed by atoms with Crippen LogP contribution in [0.1, 0.15) is 11.5 Å². The Kier molecular flexibility index (Phi) is 5.80. The van der Waals surface area contributed by atoms with Gasteiger partial charge in [-0.3, -0.25) is 4.79 Å². The van der Waals surface area contributed by atoms with Crippen molar-refractivity contribution in [3.05, 3.63) is 65.2 Å². The highest BCUT2D eigenvalue weighted by Crippen LogP contribution is 2.20. The maximum absolute atomic E-state index is 12.2. The van der Waals surface area contributed by atoms with Crippen LogP contribution in [0.15, 0.2) is 59.8 Å². The predicted octanol–water partition coefficient (Wildman–Crippen LogP) is 3.04. The third-order valence-electron chi connectivity index (χ3n) is 3.01. The summed E-state index contributed by atoms with van der Waals surface area (Å²) in [6.45, 7) is 0.150. The summed E-state index contributed by atoms with van der Waals surface area (Å²) in [6, 6.07) is 16.1. The third kappa shape index (κ3) is 4.49. The maximum atomic E-state index is 12.2. The lowest BCUT2D eigenvalue weighted by Crippen LogP contribution is -2.31. The van der Waals surface area contributed by atoms with E-state index in [1.165, 1.54) is 0 Å². The Hall–Kier alpha value is -2.53. The summed E-state index contributed by atoms with van der Waals surface area (Å²) in [7, 11) is 0. The van der Waals surface area contributed by atoms with Gasteiger partial charge in [0.15, 0.2) is 0 Å². The monoisotopic (exact) mass is 318 g/mol. The van der Waals surface area contributed by atoms with E-state index in [2.05, 4.69) is 10.5 Å². The quantitative estimate of drug-likeness (QED) is 0.372. The third-order valence-corrected chi connectivity index (χ3v) is 3.27. The van der Waals surface area contributed by atoms with Crippen molar-refractivity contribution in [1.29, 1.82) is 0 Å². The average Bonchev–Trinajstić information content (AvgIpc) is 2.56. The highest BCUT2D eigenvalue weighted by atomic mass is 35.5. The molecule has 2 rings (SSSR count). The number of amides is 1. The largest absolute Gasteiger partial charge is 0.492 e. The number of halogens is 1. The smallest absolute Gasteiger partial charge is 0.236 e. The molecule has 1 unspecified atom stereocenters. The Morgan fingerprint density at radius 1 is 1.23 bits per heavy atom. The molecule has 0 aliphatic heterocycles. The highest BCUT2D eigenvalue weighted by molar-refractivity contribution is 6.30. The van der Waals surface area contributed by atoms with Gasteiger partial charge in [-0.05, 0) is 29.8 Å². The molecule has 0 heterocycles. The van der Waals surface area contributed by atoms with Gasteiger partial charge in [-0.15, -0.1) is 0 Å². The molecule has 0 aliphatic rings. The van der Waals surface area contributed by atoms with Gasteiger partial charge in [-0.1, -0.05) is 47.1 Å². The van der Waals surface area contributed by atoms with Gasteiger partial charge in [0.1, 0.15) is 18.7 Å². The molecule has 5 nitrogen and oxygen atoms in total. The Bertz CT molecular complexity index is 630. The minimum Gasteiger partial charge on any atom is -0.492 e. The van der Waals surface area contributed by atoms with Crippen molar-refractivity contribution in [2.45, 2.75) is 5.92 Å². The molecule has 2 N–H and O–H groups in total. The molecule has 22 heavy (non-hydrogen) atoms. The number of nitrogens with zero attached hydrogens (tertiary/aromatic N) is 1. The Labute approximate surface area is 133 Å². The summed E-state index contributed by atoms with van der Waals surface area (Å²) in [5, 5.41) is 14.2. The van der Waals surface area contributed by atoms with Crippen molar-refractivity contribution in [2.75, 3.05) is 6.61 Å². The molecule has 0 fully saturated rings. The fraction of sp³-hybridized carbons (Fsp3) is 0.125. The van der Waals surface area contributed by atoms with E-state index in [9.17, 15) is 4.79 Å². The molecule has 6 heteroatoms. The molecule has 2 aromatic rings. The Balaban J connectivity index is 2.10. The summed E-state index contributed by atoms with van der Waals surface area (Å²) in [5.74, 6) is -0.234. The summed E-state index contributed by atoms with van der Waals surface area (Å²) < 4.78 is 5.65. The van der Waals surface area contributed by atoms with Gasteiger partial charge >= 0.3 is 0 Å². The van der Waals surface area contributed by atoms with Crippen molar-refractivity contribution in [3.63, 3.8) is 0 Å². The molecule has 0 spiro atoms. The fourth-order valence-corrected chi connectivity index (χ4v) is 2.04. The van der Waals surface area contributed by atoms with E-state index in [1.807, 2.05) is 30.3 Å². The molecular weight excluding hydrogens is 304 g/mol. The highest BCUT2D eigenvalue weighted by Gasteiger charge is 2.21. The minimum absolute atomic E-state index is 0.150. The number of benzene rings is 2. The summed E-state index contributed by atoms with van der Waals surface area (Å²) in [5.41, 5.74) is 0.806. The van der Waals surface area contributed by atoms with Crippen molar-refractivity contribution in [2.24, 2.45) is 5.16 Å². The number of oxime groups is 1. The SMILES string of the molecule is O=C(NC=NO)C(COc1ccc(Cl)cc1)c1ccccc1. The molecule has 0 radical (unpaired) electrons. The van der Waals surface area contributed by atoms with Gasteiger partial charge in [-0.2, -0.15) is 0 Å². The number of carbonyl (C=O) groups excluding carboxylic acids is 1. The van der Waals surface area contributed by atoms with Crippen LogP contribution in [0.2, 0.25) is 5.02 Å². The molecule has 0 bridgehead atoms. The van der Waals surface area contributed by atoms with Gasteiger partial charge in [0.05, 0.1) is 5.92 Å². The first kappa shape index (κ1) is 15.9. The topological polar surface area (TPSA) is 70.9 Å². The van der Waals surface area contributed by atoms with Gasteiger partial charge < -0.3 is 15.3 Å². The van der Waals surface area contributed by atoms with E-state index in [4.69, 9.17) is 21.5 Å². The summed E-state index contributed by atoms with van der Waals surface area (Å²) >= 11 is 5.82. The maximum Gasteiger partial charge on any atom is 0.236 e. The van der Waals surface area contributed by atoms with Crippen molar-refractivity contribution >= 4 is 23.8 Å². The standard InChI is InChI=1S/C16H15ClN2O3/c17-13-6-8-14(9-7-13)22-10-15(16(20)18-11-19-21)12-4-2-1-3-5-12/h1-9,11,15,21H,10H2,(H,18,19,20). The van der Waals surface area contributed by atoms with Crippen LogP contribution in [0.4, 0.5) is 0 Å². The van der Waals surface area contributed by atoms with Crippen molar-refractivity contribution in [3.8, 4) is 5.75 Å². The van der Waals surface area contributed by atoms with Crippen LogP contribution in [-0.4, -0.2) is 24.1 Å². The van der Waals surface area contributed by atoms with Crippen molar-refractivity contribution < 1.29 is 14.7 Å². The van der Waals surface area contributed by atoms with E-state index in [0.29, 0.717) is 10.8 Å². The fourth-order valence-electron chi connectivity index (χ4n) is 1.91. The van der Waals surface area contributed by atoms with Crippen LogP contribution in [0.25, 0.3) is 0 Å². The molecule has 1 atom stereocenters. The lowest BCUT2D eigenvalue weighted by atomic mass is 9.99. The number of rotatable bonds is 6. The van der Waals surface area contributed by atoms with Crippen LogP contribution in [0.5, 0.6) is 5.75 Å². The molecule has 0 aromatic heterocycles. The first-order valence-electron chi connectivity index (χ1n) is 6.60. The molecule has 2 aromatic carbocycles. The van der Waals surface area contributed by atoms with Gasteiger partial charge in [0, 0.05) is 5.02 Å².